The molecule has 1 aromatic carbocycles. The lowest BCUT2D eigenvalue weighted by Crippen LogP contribution is -2.63. The largest absolute Gasteiger partial charge is 0.477 e. The monoisotopic (exact) mass is 562 g/mol. The minimum atomic E-state index is -1.12. The Bertz CT molecular complexity index is 1610. The van der Waals surface area contributed by atoms with E-state index >= 15 is 0 Å². The number of benzene rings is 1. The molecule has 2 aliphatic heterocycles. The van der Waals surface area contributed by atoms with Crippen molar-refractivity contribution in [2.24, 2.45) is 11.8 Å². The maximum absolute atomic E-state index is 12.8. The number of thioether (sulfide) groups is 1. The van der Waals surface area contributed by atoms with E-state index in [9.17, 15) is 19.8 Å². The molecule has 10 heteroatoms. The number of imidazole rings is 1. The van der Waals surface area contributed by atoms with Crippen molar-refractivity contribution in [1.82, 2.24) is 9.30 Å². The van der Waals surface area contributed by atoms with Gasteiger partial charge in [0.25, 0.3) is 6.33 Å². The van der Waals surface area contributed by atoms with Crippen LogP contribution in [0.1, 0.15) is 30.7 Å². The van der Waals surface area contributed by atoms with Crippen LogP contribution < -0.4 is 9.13 Å². The number of hydrogen-bond acceptors (Lipinski definition) is 5. The standard InChI is InChI=1S/C29H29N4O4S2/c1-17-22(25(29(36)37)33-24(17)23(18(2)34)26(33)35)21-15-39-28-27(38-3)31(16-32(21)28)14-20-9-7-19(8-10-20)13-30-11-5-4-6-12-30/h4-12,15-18,23-24,34H,13-14H2,1-3H3/q+1/p+1/t17-,18+,23+,24+/m0/s1. The van der Waals surface area contributed by atoms with E-state index in [-0.39, 0.29) is 23.6 Å². The van der Waals surface area contributed by atoms with E-state index in [2.05, 4.69) is 50.2 Å². The molecule has 3 aromatic heterocycles. The SMILES string of the molecule is CSc1c2scc(C3=C(C(=O)O)N4C(=O)[C@H]([C@@H](C)O)[C@H]4[C@H]3C)n2c[n+]1Cc1ccc(C[n+]2ccccc2)cc1. The van der Waals surface area contributed by atoms with Crippen LogP contribution in [0, 0.1) is 11.8 Å². The van der Waals surface area contributed by atoms with Crippen LogP contribution in [0.3, 0.4) is 0 Å². The smallest absolute Gasteiger partial charge is 0.353 e. The first-order valence-electron chi connectivity index (χ1n) is 12.9. The molecule has 2 aliphatic rings. The fourth-order valence-corrected chi connectivity index (χ4v) is 7.99. The molecule has 0 unspecified atom stereocenters. The number of amides is 1. The number of aliphatic hydroxyl groups is 1. The zero-order chi connectivity index (χ0) is 27.4. The Hall–Kier alpha value is -3.47. The van der Waals surface area contributed by atoms with Crippen molar-refractivity contribution in [2.45, 2.75) is 44.1 Å². The van der Waals surface area contributed by atoms with Gasteiger partial charge in [-0.3, -0.25) is 4.79 Å². The predicted molar refractivity (Wildman–Crippen MR) is 148 cm³/mol. The topological polar surface area (TPSA) is 90.0 Å². The first kappa shape index (κ1) is 25.8. The molecule has 1 saturated heterocycles. The number of β-lactam (4-membered cyclic amide) rings is 1. The van der Waals surface area contributed by atoms with Gasteiger partial charge in [-0.15, -0.1) is 0 Å². The normalized spacial score (nSPS) is 21.4. The van der Waals surface area contributed by atoms with E-state index in [0.717, 1.165) is 22.1 Å². The van der Waals surface area contributed by atoms with Gasteiger partial charge in [-0.1, -0.05) is 60.4 Å². The summed E-state index contributed by atoms with van der Waals surface area (Å²) >= 11 is 3.23. The second-order valence-electron chi connectivity index (χ2n) is 10.2. The predicted octanol–water partition coefficient (Wildman–Crippen LogP) is 3.05. The summed E-state index contributed by atoms with van der Waals surface area (Å²) in [7, 11) is 0. The van der Waals surface area contributed by atoms with Crippen LogP contribution in [0.5, 0.6) is 0 Å². The van der Waals surface area contributed by atoms with Gasteiger partial charge in [0.05, 0.1) is 18.1 Å². The van der Waals surface area contributed by atoms with E-state index in [0.29, 0.717) is 12.1 Å². The second kappa shape index (κ2) is 9.93. The molecule has 6 rings (SSSR count). The molecule has 4 atom stereocenters. The van der Waals surface area contributed by atoms with Crippen molar-refractivity contribution in [3.8, 4) is 0 Å². The maximum Gasteiger partial charge on any atom is 0.353 e. The van der Waals surface area contributed by atoms with Gasteiger partial charge in [-0.2, -0.15) is 4.40 Å². The van der Waals surface area contributed by atoms with E-state index in [1.54, 1.807) is 30.0 Å². The quantitative estimate of drug-likeness (QED) is 0.196. The van der Waals surface area contributed by atoms with Crippen molar-refractivity contribution < 1.29 is 28.9 Å². The summed E-state index contributed by atoms with van der Waals surface area (Å²) in [5.41, 5.74) is 3.87. The van der Waals surface area contributed by atoms with Crippen LogP contribution in [0.4, 0.5) is 0 Å². The molecule has 0 bridgehead atoms. The molecule has 0 aliphatic carbocycles. The van der Waals surface area contributed by atoms with Crippen LogP contribution in [0.25, 0.3) is 10.4 Å². The maximum atomic E-state index is 12.8. The third kappa shape index (κ3) is 4.18. The van der Waals surface area contributed by atoms with E-state index in [4.69, 9.17) is 0 Å². The minimum absolute atomic E-state index is 0.0342. The Morgan fingerprint density at radius 1 is 1.13 bits per heavy atom. The summed E-state index contributed by atoms with van der Waals surface area (Å²) in [6, 6.07) is 14.3. The Balaban J connectivity index is 1.33. The highest BCUT2D eigenvalue weighted by Gasteiger charge is 2.60. The number of aromatic nitrogens is 3. The van der Waals surface area contributed by atoms with Crippen molar-refractivity contribution in [3.05, 3.63) is 89.1 Å². The fourth-order valence-electron chi connectivity index (χ4n) is 6.03. The average Bonchev–Trinajstić information content (AvgIpc) is 3.54. The van der Waals surface area contributed by atoms with E-state index in [1.165, 1.54) is 16.0 Å². The number of rotatable bonds is 8. The lowest BCUT2D eigenvalue weighted by Gasteiger charge is -2.46. The number of carboxylic acid groups (broad SMARTS) is 1. The summed E-state index contributed by atoms with van der Waals surface area (Å²) < 4.78 is 6.39. The van der Waals surface area contributed by atoms with Crippen LogP contribution in [0.15, 0.2) is 77.3 Å². The number of aliphatic carboxylic acids is 1. The third-order valence-corrected chi connectivity index (χ3v) is 9.72. The molecule has 0 radical (unpaired) electrons. The number of thiazole rings is 1. The van der Waals surface area contributed by atoms with Crippen molar-refractivity contribution in [2.75, 3.05) is 6.26 Å². The van der Waals surface area contributed by atoms with Gasteiger partial charge in [-0.25, -0.2) is 13.9 Å². The van der Waals surface area contributed by atoms with Gasteiger partial charge in [0.1, 0.15) is 17.9 Å². The zero-order valence-electron chi connectivity index (χ0n) is 21.9. The number of carbonyl (C=O) groups excluding carboxylic acids is 1. The van der Waals surface area contributed by atoms with Gasteiger partial charge >= 0.3 is 5.97 Å². The highest BCUT2D eigenvalue weighted by atomic mass is 32.2. The van der Waals surface area contributed by atoms with Gasteiger partial charge in [0.15, 0.2) is 18.9 Å². The molecule has 39 heavy (non-hydrogen) atoms. The van der Waals surface area contributed by atoms with Crippen molar-refractivity contribution >= 4 is 45.4 Å². The molecule has 1 amide bonds. The molecule has 200 valence electrons. The first-order valence-corrected chi connectivity index (χ1v) is 15.0. The molecule has 1 fully saturated rings. The molecule has 5 heterocycles. The van der Waals surface area contributed by atoms with Crippen LogP contribution in [-0.4, -0.2) is 49.8 Å². The second-order valence-corrected chi connectivity index (χ2v) is 11.9. The molecule has 8 nitrogen and oxygen atoms in total. The summed E-state index contributed by atoms with van der Waals surface area (Å²) in [5, 5.41) is 23.4. The number of carboxylic acids is 1. The molecular formula is C29H30N4O4S2+2. The van der Waals surface area contributed by atoms with Crippen LogP contribution >= 0.6 is 23.1 Å². The highest BCUT2D eigenvalue weighted by molar-refractivity contribution is 7.98. The third-order valence-electron chi connectivity index (χ3n) is 7.82. The molecule has 2 N–H and O–H groups in total. The Kier molecular flexibility index (Phi) is 6.57. The van der Waals surface area contributed by atoms with Crippen LogP contribution in [-0.2, 0) is 22.7 Å². The molecular weight excluding hydrogens is 532 g/mol. The lowest BCUT2D eigenvalue weighted by molar-refractivity contribution is -0.721. The Morgan fingerprint density at radius 3 is 2.41 bits per heavy atom. The van der Waals surface area contributed by atoms with Gasteiger partial charge < -0.3 is 15.1 Å². The Labute approximate surface area is 234 Å². The van der Waals surface area contributed by atoms with Crippen molar-refractivity contribution in [3.63, 3.8) is 0 Å². The number of pyridine rings is 1. The summed E-state index contributed by atoms with van der Waals surface area (Å²) in [4.78, 5) is 27.6. The minimum Gasteiger partial charge on any atom is -0.477 e. The number of fused-ring (bicyclic) bond motifs is 2. The summed E-state index contributed by atoms with van der Waals surface area (Å²) in [6.45, 7) is 5.04. The van der Waals surface area contributed by atoms with E-state index < -0.39 is 18.0 Å². The molecule has 0 spiro atoms. The highest BCUT2D eigenvalue weighted by Crippen LogP contribution is 2.51. The van der Waals surface area contributed by atoms with Gasteiger partial charge in [-0.05, 0) is 18.7 Å². The Morgan fingerprint density at radius 2 is 1.79 bits per heavy atom. The average molecular weight is 563 g/mol. The van der Waals surface area contributed by atoms with Gasteiger partial charge in [0.2, 0.25) is 15.8 Å². The number of carbonyl (C=O) groups is 2. The van der Waals surface area contributed by atoms with Crippen molar-refractivity contribution in [1.29, 1.82) is 0 Å². The fraction of sp³-hybridized carbons (Fsp3) is 0.310. The molecule has 0 saturated carbocycles. The van der Waals surface area contributed by atoms with E-state index in [1.807, 2.05) is 43.1 Å². The van der Waals surface area contributed by atoms with Crippen LogP contribution in [0.2, 0.25) is 0 Å². The zero-order valence-corrected chi connectivity index (χ0v) is 23.5. The number of hydrogen-bond donors (Lipinski definition) is 2. The number of nitrogens with zero attached hydrogens (tertiary/aromatic N) is 4. The van der Waals surface area contributed by atoms with Gasteiger partial charge in [0, 0.05) is 34.6 Å². The lowest BCUT2D eigenvalue weighted by atomic mass is 9.77. The summed E-state index contributed by atoms with van der Waals surface area (Å²) in [6.07, 6.45) is 7.36. The summed E-state index contributed by atoms with van der Waals surface area (Å²) in [5.74, 6) is -2.23. The first-order chi connectivity index (χ1) is 18.8. The molecule has 4 aromatic rings. The number of aliphatic hydroxyl groups excluding tert-OH is 1.